The van der Waals surface area contributed by atoms with E-state index in [-0.39, 0.29) is 17.4 Å². The first-order chi connectivity index (χ1) is 11.4. The zero-order valence-electron chi connectivity index (χ0n) is 15.7. The number of benzene rings is 1. The first-order valence-corrected chi connectivity index (χ1v) is 9.29. The summed E-state index contributed by atoms with van der Waals surface area (Å²) in [5.41, 5.74) is 8.13. The first-order valence-electron chi connectivity index (χ1n) is 9.29. The average molecular weight is 332 g/mol. The molecule has 1 amide bonds. The van der Waals surface area contributed by atoms with Crippen LogP contribution in [0.2, 0.25) is 0 Å². The molecule has 1 aromatic carbocycles. The Morgan fingerprint density at radius 3 is 2.50 bits per heavy atom. The summed E-state index contributed by atoms with van der Waals surface area (Å²) in [6.45, 7) is 12.2. The molecule has 134 valence electrons. The zero-order chi connectivity index (χ0) is 17.7. The van der Waals surface area contributed by atoms with Crippen molar-refractivity contribution in [3.8, 4) is 0 Å². The lowest BCUT2D eigenvalue weighted by Crippen LogP contribution is -2.53. The highest BCUT2D eigenvalue weighted by molar-refractivity contribution is 5.94. The van der Waals surface area contributed by atoms with Crippen LogP contribution >= 0.6 is 0 Å². The molecule has 0 aromatic heterocycles. The molecule has 1 heterocycles. The van der Waals surface area contributed by atoms with Crippen molar-refractivity contribution in [1.82, 2.24) is 4.90 Å². The van der Waals surface area contributed by atoms with E-state index in [4.69, 9.17) is 5.73 Å². The molecule has 2 N–H and O–H groups in total. The monoisotopic (exact) mass is 331 g/mol. The Balaban J connectivity index is 2.06. The summed E-state index contributed by atoms with van der Waals surface area (Å²) < 4.78 is 0. The number of carbonyl (C=O) groups is 1. The normalized spacial score (nSPS) is 20.0. The minimum atomic E-state index is -0.0208. The maximum absolute atomic E-state index is 12.8. The Bertz CT molecular complexity index is 538. The van der Waals surface area contributed by atoms with Crippen LogP contribution in [0.25, 0.3) is 0 Å². The van der Waals surface area contributed by atoms with Crippen LogP contribution in [0, 0.1) is 5.41 Å². The standard InChI is InChI=1S/C20H33N3O/c1-5-7-13-22(6-2)17-10-8-16(9-11-17)19(24)23-14-12-18(21)20(3,4)15-23/h8-11,18H,5-7,12-15,21H2,1-4H3. The second-order valence-electron chi connectivity index (χ2n) is 7.59. The van der Waals surface area contributed by atoms with Gasteiger partial charge < -0.3 is 15.5 Å². The van der Waals surface area contributed by atoms with Gasteiger partial charge in [0.1, 0.15) is 0 Å². The minimum absolute atomic E-state index is 0.0208. The molecule has 0 spiro atoms. The molecule has 4 nitrogen and oxygen atoms in total. The van der Waals surface area contributed by atoms with Crippen molar-refractivity contribution in [3.05, 3.63) is 29.8 Å². The van der Waals surface area contributed by atoms with Crippen LogP contribution in [0.3, 0.4) is 0 Å². The highest BCUT2D eigenvalue weighted by Gasteiger charge is 2.35. The molecule has 1 aliphatic heterocycles. The number of hydrogen-bond acceptors (Lipinski definition) is 3. The topological polar surface area (TPSA) is 49.6 Å². The summed E-state index contributed by atoms with van der Waals surface area (Å²) in [5, 5.41) is 0. The van der Waals surface area contributed by atoms with Gasteiger partial charge in [0.25, 0.3) is 5.91 Å². The van der Waals surface area contributed by atoms with E-state index in [9.17, 15) is 4.79 Å². The van der Waals surface area contributed by atoms with Gasteiger partial charge in [-0.05, 0) is 49.4 Å². The predicted molar refractivity (Wildman–Crippen MR) is 102 cm³/mol. The van der Waals surface area contributed by atoms with Gasteiger partial charge in [-0.2, -0.15) is 0 Å². The number of nitrogens with zero attached hydrogens (tertiary/aromatic N) is 2. The summed E-state index contributed by atoms with van der Waals surface area (Å²) in [7, 11) is 0. The Morgan fingerprint density at radius 1 is 1.29 bits per heavy atom. The van der Waals surface area contributed by atoms with E-state index in [2.05, 4.69) is 44.7 Å². The molecular weight excluding hydrogens is 298 g/mol. The van der Waals surface area contributed by atoms with Gasteiger partial charge in [0.15, 0.2) is 0 Å². The SMILES string of the molecule is CCCCN(CC)c1ccc(C(=O)N2CCC(N)C(C)(C)C2)cc1. The van der Waals surface area contributed by atoms with E-state index < -0.39 is 0 Å². The van der Waals surface area contributed by atoms with Crippen LogP contribution in [0.5, 0.6) is 0 Å². The second-order valence-corrected chi connectivity index (χ2v) is 7.59. The largest absolute Gasteiger partial charge is 0.372 e. The molecule has 24 heavy (non-hydrogen) atoms. The fourth-order valence-corrected chi connectivity index (χ4v) is 3.36. The van der Waals surface area contributed by atoms with Crippen LogP contribution < -0.4 is 10.6 Å². The molecular formula is C20H33N3O. The number of carbonyl (C=O) groups excluding carboxylic acids is 1. The molecule has 4 heteroatoms. The van der Waals surface area contributed by atoms with Crippen molar-refractivity contribution in [2.24, 2.45) is 11.1 Å². The average Bonchev–Trinajstić information content (AvgIpc) is 2.58. The van der Waals surface area contributed by atoms with Crippen molar-refractivity contribution >= 4 is 11.6 Å². The molecule has 0 radical (unpaired) electrons. The molecule has 1 fully saturated rings. The summed E-state index contributed by atoms with van der Waals surface area (Å²) in [5.74, 6) is 0.123. The number of anilines is 1. The van der Waals surface area contributed by atoms with Crippen molar-refractivity contribution in [2.75, 3.05) is 31.1 Å². The molecule has 2 rings (SSSR count). The van der Waals surface area contributed by atoms with Crippen molar-refractivity contribution in [1.29, 1.82) is 0 Å². The van der Waals surface area contributed by atoms with E-state index in [0.717, 1.165) is 38.2 Å². The molecule has 0 saturated carbocycles. The number of hydrogen-bond donors (Lipinski definition) is 1. The summed E-state index contributed by atoms with van der Waals surface area (Å²) in [6, 6.07) is 8.25. The molecule has 1 aromatic rings. The van der Waals surface area contributed by atoms with Crippen LogP contribution in [-0.4, -0.2) is 43.0 Å². The van der Waals surface area contributed by atoms with Crippen molar-refractivity contribution in [3.63, 3.8) is 0 Å². The predicted octanol–water partition coefficient (Wildman–Crippen LogP) is 3.51. The first kappa shape index (κ1) is 18.8. The van der Waals surface area contributed by atoms with Crippen LogP contribution in [0.15, 0.2) is 24.3 Å². The maximum atomic E-state index is 12.8. The van der Waals surface area contributed by atoms with Gasteiger partial charge in [0, 0.05) is 43.5 Å². The van der Waals surface area contributed by atoms with Gasteiger partial charge in [0.05, 0.1) is 0 Å². The summed E-state index contributed by atoms with van der Waals surface area (Å²) in [6.07, 6.45) is 3.26. The fraction of sp³-hybridized carbons (Fsp3) is 0.650. The molecule has 1 atom stereocenters. The number of piperidine rings is 1. The molecule has 0 bridgehead atoms. The van der Waals surface area contributed by atoms with Crippen LogP contribution in [0.1, 0.15) is 57.3 Å². The molecule has 1 saturated heterocycles. The van der Waals surface area contributed by atoms with Gasteiger partial charge in [0.2, 0.25) is 0 Å². The number of unbranched alkanes of at least 4 members (excludes halogenated alkanes) is 1. The third-order valence-electron chi connectivity index (χ3n) is 5.24. The lowest BCUT2D eigenvalue weighted by molar-refractivity contribution is 0.0533. The quantitative estimate of drug-likeness (QED) is 0.868. The van der Waals surface area contributed by atoms with Crippen molar-refractivity contribution < 1.29 is 4.79 Å². The van der Waals surface area contributed by atoms with E-state index in [1.165, 1.54) is 18.5 Å². The van der Waals surface area contributed by atoms with E-state index in [1.54, 1.807) is 0 Å². The maximum Gasteiger partial charge on any atom is 0.253 e. The lowest BCUT2D eigenvalue weighted by Gasteiger charge is -2.42. The van der Waals surface area contributed by atoms with Crippen LogP contribution in [-0.2, 0) is 0 Å². The molecule has 1 aliphatic rings. The highest BCUT2D eigenvalue weighted by atomic mass is 16.2. The van der Waals surface area contributed by atoms with Gasteiger partial charge in [-0.15, -0.1) is 0 Å². The Hall–Kier alpha value is -1.55. The number of likely N-dealkylation sites (tertiary alicyclic amines) is 1. The number of nitrogens with two attached hydrogens (primary N) is 1. The summed E-state index contributed by atoms with van der Waals surface area (Å²) in [4.78, 5) is 17.1. The third-order valence-corrected chi connectivity index (χ3v) is 5.24. The third kappa shape index (κ3) is 4.29. The summed E-state index contributed by atoms with van der Waals surface area (Å²) >= 11 is 0. The Morgan fingerprint density at radius 2 is 1.96 bits per heavy atom. The van der Waals surface area contributed by atoms with E-state index in [1.807, 2.05) is 17.0 Å². The Kier molecular flexibility index (Phi) is 6.27. The molecule has 0 aliphatic carbocycles. The smallest absolute Gasteiger partial charge is 0.253 e. The second kappa shape index (κ2) is 8.02. The Labute approximate surface area is 147 Å². The minimum Gasteiger partial charge on any atom is -0.372 e. The molecule has 1 unspecified atom stereocenters. The lowest BCUT2D eigenvalue weighted by atomic mass is 9.79. The zero-order valence-corrected chi connectivity index (χ0v) is 15.7. The fourth-order valence-electron chi connectivity index (χ4n) is 3.36. The van der Waals surface area contributed by atoms with Crippen molar-refractivity contribution in [2.45, 2.75) is 53.0 Å². The number of amides is 1. The van der Waals surface area contributed by atoms with E-state index >= 15 is 0 Å². The number of rotatable bonds is 6. The highest BCUT2D eigenvalue weighted by Crippen LogP contribution is 2.28. The van der Waals surface area contributed by atoms with Gasteiger partial charge in [-0.1, -0.05) is 27.2 Å². The van der Waals surface area contributed by atoms with Crippen LogP contribution in [0.4, 0.5) is 5.69 Å². The van der Waals surface area contributed by atoms with Gasteiger partial charge >= 0.3 is 0 Å². The van der Waals surface area contributed by atoms with Gasteiger partial charge in [-0.3, -0.25) is 4.79 Å². The van der Waals surface area contributed by atoms with Gasteiger partial charge in [-0.25, -0.2) is 0 Å². The van der Waals surface area contributed by atoms with E-state index in [0.29, 0.717) is 0 Å².